The first-order valence-electron chi connectivity index (χ1n) is 9.02. The number of carbonyl (C=O) groups is 1. The number of nitrogens with zero attached hydrogens (tertiary/aromatic N) is 2. The first-order chi connectivity index (χ1) is 12.0. The van der Waals surface area contributed by atoms with Gasteiger partial charge in [0.25, 0.3) is 5.91 Å². The van der Waals surface area contributed by atoms with Gasteiger partial charge in [-0.15, -0.1) is 0 Å². The van der Waals surface area contributed by atoms with Crippen LogP contribution in [0.2, 0.25) is 0 Å². The first-order valence-corrected chi connectivity index (χ1v) is 10.5. The molecule has 7 nitrogen and oxygen atoms in total. The lowest BCUT2D eigenvalue weighted by Crippen LogP contribution is -2.40. The molecule has 4 rings (SSSR count). The van der Waals surface area contributed by atoms with Crippen molar-refractivity contribution < 1.29 is 17.9 Å². The van der Waals surface area contributed by atoms with Crippen molar-refractivity contribution in [3.05, 3.63) is 18.0 Å². The lowest BCUT2D eigenvalue weighted by molar-refractivity contribution is 0.0730. The van der Waals surface area contributed by atoms with Gasteiger partial charge in [0.2, 0.25) is 10.0 Å². The topological polar surface area (TPSA) is 80.6 Å². The Balaban J connectivity index is 1.52. The van der Waals surface area contributed by atoms with Gasteiger partial charge in [0.15, 0.2) is 0 Å². The van der Waals surface area contributed by atoms with Crippen LogP contribution < -0.4 is 5.32 Å². The Hall–Kier alpha value is -1.38. The fraction of sp³-hybridized carbons (Fsp3) is 0.706. The van der Waals surface area contributed by atoms with Crippen molar-refractivity contribution in [3.63, 3.8) is 0 Å². The smallest absolute Gasteiger partial charge is 0.268 e. The first kappa shape index (κ1) is 17.1. The summed E-state index contributed by atoms with van der Waals surface area (Å²) in [5.41, 5.74) is 0.401. The zero-order chi connectivity index (χ0) is 17.6. The molecule has 0 spiro atoms. The number of ether oxygens (including phenoxy) is 1. The highest BCUT2D eigenvalue weighted by Gasteiger charge is 2.42. The van der Waals surface area contributed by atoms with Crippen LogP contribution in [-0.2, 0) is 21.8 Å². The standard InChI is InChI=1S/C17H25N3O4S/c1-19-11-14(25(22,23)20-6-8-24-9-7-20)10-15(19)17(21)18-16(12-2-3-12)13-4-5-13/h10-13,16H,2-9H2,1H3,(H,18,21). The van der Waals surface area contributed by atoms with Crippen LogP contribution in [-0.4, -0.2) is 55.5 Å². The maximum Gasteiger partial charge on any atom is 0.268 e. The number of hydrogen-bond donors (Lipinski definition) is 1. The Kier molecular flexibility index (Phi) is 4.37. The van der Waals surface area contributed by atoms with Gasteiger partial charge in [0.05, 0.1) is 13.2 Å². The van der Waals surface area contributed by atoms with E-state index in [0.29, 0.717) is 43.8 Å². The number of sulfonamides is 1. The summed E-state index contributed by atoms with van der Waals surface area (Å²) in [6.45, 7) is 1.52. The summed E-state index contributed by atoms with van der Waals surface area (Å²) in [7, 11) is -1.86. The summed E-state index contributed by atoms with van der Waals surface area (Å²) in [6.07, 6.45) is 6.27. The number of amides is 1. The number of carbonyl (C=O) groups excluding carboxylic acids is 1. The van der Waals surface area contributed by atoms with Crippen LogP contribution in [0.25, 0.3) is 0 Å². The van der Waals surface area contributed by atoms with Crippen LogP contribution in [0.1, 0.15) is 36.2 Å². The molecule has 1 N–H and O–H groups in total. The molecule has 2 aliphatic carbocycles. The second kappa shape index (κ2) is 6.41. The van der Waals surface area contributed by atoms with Gasteiger partial charge in [-0.2, -0.15) is 4.31 Å². The minimum atomic E-state index is -3.58. The van der Waals surface area contributed by atoms with Gasteiger partial charge in [-0.25, -0.2) is 8.42 Å². The molecular weight excluding hydrogens is 342 g/mol. The quantitative estimate of drug-likeness (QED) is 0.812. The second-order valence-electron chi connectivity index (χ2n) is 7.36. The lowest BCUT2D eigenvalue weighted by Gasteiger charge is -2.25. The largest absolute Gasteiger partial charge is 0.379 e. The van der Waals surface area contributed by atoms with E-state index in [1.54, 1.807) is 11.6 Å². The maximum absolute atomic E-state index is 12.8. The molecule has 0 unspecified atom stereocenters. The fourth-order valence-electron chi connectivity index (χ4n) is 3.59. The molecule has 2 heterocycles. The molecule has 25 heavy (non-hydrogen) atoms. The summed E-state index contributed by atoms with van der Waals surface area (Å²) in [5.74, 6) is 1.04. The summed E-state index contributed by atoms with van der Waals surface area (Å²) in [5, 5.41) is 3.15. The predicted octanol–water partition coefficient (Wildman–Crippen LogP) is 0.964. The van der Waals surface area contributed by atoms with Gasteiger partial charge in [0, 0.05) is 32.4 Å². The molecule has 138 valence electrons. The summed E-state index contributed by atoms with van der Waals surface area (Å²) >= 11 is 0. The van der Waals surface area contributed by atoms with Crippen LogP contribution in [0.5, 0.6) is 0 Å². The van der Waals surface area contributed by atoms with Crippen molar-refractivity contribution in [2.75, 3.05) is 26.3 Å². The number of aryl methyl sites for hydroxylation is 1. The molecule has 0 radical (unpaired) electrons. The van der Waals surface area contributed by atoms with Crippen molar-refractivity contribution in [1.82, 2.24) is 14.2 Å². The number of morpholine rings is 1. The predicted molar refractivity (Wildman–Crippen MR) is 91.7 cm³/mol. The Morgan fingerprint density at radius 1 is 1.20 bits per heavy atom. The normalized spacial score (nSPS) is 22.3. The Morgan fingerprint density at radius 2 is 1.80 bits per heavy atom. The SMILES string of the molecule is Cn1cc(S(=O)(=O)N2CCOCC2)cc1C(=O)NC(C1CC1)C1CC1. The highest BCUT2D eigenvalue weighted by Crippen LogP contribution is 2.44. The molecule has 1 amide bonds. The van der Waals surface area contributed by atoms with Gasteiger partial charge in [-0.05, 0) is 43.6 Å². The third kappa shape index (κ3) is 3.47. The number of aromatic nitrogens is 1. The highest BCUT2D eigenvalue weighted by molar-refractivity contribution is 7.89. The van der Waals surface area contributed by atoms with Crippen molar-refractivity contribution in [1.29, 1.82) is 0 Å². The molecule has 0 bridgehead atoms. The van der Waals surface area contributed by atoms with Gasteiger partial charge >= 0.3 is 0 Å². The maximum atomic E-state index is 12.8. The number of hydrogen-bond acceptors (Lipinski definition) is 4. The lowest BCUT2D eigenvalue weighted by atomic mass is 10.1. The molecule has 0 aromatic carbocycles. The van der Waals surface area contributed by atoms with Crippen molar-refractivity contribution >= 4 is 15.9 Å². The monoisotopic (exact) mass is 367 g/mol. The molecule has 3 fully saturated rings. The fourth-order valence-corrected chi connectivity index (χ4v) is 5.07. The number of nitrogens with one attached hydrogen (secondary N) is 1. The van der Waals surface area contributed by atoms with Crippen LogP contribution in [0.4, 0.5) is 0 Å². The summed E-state index contributed by atoms with van der Waals surface area (Å²) in [4.78, 5) is 12.9. The Bertz CT molecular complexity index is 747. The summed E-state index contributed by atoms with van der Waals surface area (Å²) < 4.78 is 33.8. The third-order valence-corrected chi connectivity index (χ3v) is 7.24. The Labute approximate surface area is 148 Å². The van der Waals surface area contributed by atoms with Gasteiger partial charge in [0.1, 0.15) is 10.6 Å². The Morgan fingerprint density at radius 3 is 2.36 bits per heavy atom. The molecule has 0 atom stereocenters. The minimum absolute atomic E-state index is 0.172. The average Bonchev–Trinajstić information content (AvgIpc) is 3.52. The van der Waals surface area contributed by atoms with Crippen LogP contribution in [0, 0.1) is 11.8 Å². The molecule has 1 aromatic rings. The minimum Gasteiger partial charge on any atom is -0.379 e. The van der Waals surface area contributed by atoms with E-state index in [2.05, 4.69) is 5.32 Å². The molecule has 1 saturated heterocycles. The highest BCUT2D eigenvalue weighted by atomic mass is 32.2. The van der Waals surface area contributed by atoms with E-state index in [4.69, 9.17) is 4.74 Å². The van der Waals surface area contributed by atoms with E-state index in [0.717, 1.165) is 0 Å². The van der Waals surface area contributed by atoms with Gasteiger partial charge < -0.3 is 14.6 Å². The average molecular weight is 367 g/mol. The number of rotatable bonds is 6. The molecule has 1 aliphatic heterocycles. The van der Waals surface area contributed by atoms with Crippen LogP contribution >= 0.6 is 0 Å². The van der Waals surface area contributed by atoms with E-state index in [-0.39, 0.29) is 16.8 Å². The zero-order valence-corrected chi connectivity index (χ0v) is 15.3. The molecule has 3 aliphatic rings. The van der Waals surface area contributed by atoms with Gasteiger partial charge in [-0.1, -0.05) is 0 Å². The second-order valence-corrected chi connectivity index (χ2v) is 9.30. The van der Waals surface area contributed by atoms with E-state index < -0.39 is 10.0 Å². The van der Waals surface area contributed by atoms with Gasteiger partial charge in [-0.3, -0.25) is 4.79 Å². The van der Waals surface area contributed by atoms with Crippen LogP contribution in [0.15, 0.2) is 17.2 Å². The van der Waals surface area contributed by atoms with Crippen molar-refractivity contribution in [2.45, 2.75) is 36.6 Å². The van der Waals surface area contributed by atoms with E-state index in [1.807, 2.05) is 0 Å². The van der Waals surface area contributed by atoms with E-state index in [1.165, 1.54) is 42.3 Å². The molecular formula is C17H25N3O4S. The van der Waals surface area contributed by atoms with Crippen LogP contribution in [0.3, 0.4) is 0 Å². The van der Waals surface area contributed by atoms with Crippen molar-refractivity contribution in [2.24, 2.45) is 18.9 Å². The molecule has 1 aromatic heterocycles. The van der Waals surface area contributed by atoms with E-state index >= 15 is 0 Å². The molecule has 8 heteroatoms. The zero-order valence-electron chi connectivity index (χ0n) is 14.5. The molecule has 2 saturated carbocycles. The summed E-state index contributed by atoms with van der Waals surface area (Å²) in [6, 6.07) is 1.75. The van der Waals surface area contributed by atoms with E-state index in [9.17, 15) is 13.2 Å². The third-order valence-electron chi connectivity index (χ3n) is 5.38. The van der Waals surface area contributed by atoms with Crippen molar-refractivity contribution in [3.8, 4) is 0 Å².